The predicted molar refractivity (Wildman–Crippen MR) is 166 cm³/mol. The number of furan rings is 1. The number of nitro groups is 1. The van der Waals surface area contributed by atoms with Crippen LogP contribution in [0.25, 0.3) is 11.3 Å². The molecule has 3 aromatic carbocycles. The third kappa shape index (κ3) is 5.67. The Morgan fingerprint density at radius 1 is 0.951 bits per heavy atom. The minimum Gasteiger partial charge on any atom is -0.459 e. The van der Waals surface area contributed by atoms with Crippen LogP contribution in [0.4, 0.5) is 11.4 Å². The quantitative estimate of drug-likeness (QED) is 0.110. The van der Waals surface area contributed by atoms with E-state index in [-0.39, 0.29) is 17.8 Å². The van der Waals surface area contributed by atoms with Crippen molar-refractivity contribution in [2.24, 2.45) is 0 Å². The Kier molecular flexibility index (Phi) is 7.68. The monoisotopic (exact) mass is 618 g/mol. The van der Waals surface area contributed by atoms with Crippen molar-refractivity contribution in [3.05, 3.63) is 135 Å². The van der Waals surface area contributed by atoms with Crippen LogP contribution >= 0.6 is 47.2 Å². The summed E-state index contributed by atoms with van der Waals surface area (Å²) in [6.45, 7) is 0. The van der Waals surface area contributed by atoms with E-state index in [1.54, 1.807) is 30.5 Å². The van der Waals surface area contributed by atoms with Crippen molar-refractivity contribution in [2.45, 2.75) is 21.9 Å². The summed E-state index contributed by atoms with van der Waals surface area (Å²) >= 11 is 19.9. The highest BCUT2D eigenvalue weighted by molar-refractivity contribution is 7.99. The van der Waals surface area contributed by atoms with Crippen molar-refractivity contribution in [2.75, 3.05) is 4.90 Å². The average Bonchev–Trinajstić information content (AvgIpc) is 3.59. The second kappa shape index (κ2) is 11.5. The zero-order valence-corrected chi connectivity index (χ0v) is 24.3. The fourth-order valence-corrected chi connectivity index (χ4v) is 6.38. The highest BCUT2D eigenvalue weighted by Crippen LogP contribution is 2.44. The van der Waals surface area contributed by atoms with Crippen LogP contribution < -0.4 is 10.2 Å². The lowest BCUT2D eigenvalue weighted by Crippen LogP contribution is -2.29. The lowest BCUT2D eigenvalue weighted by atomic mass is 10.0. The Bertz CT molecular complexity index is 1730. The zero-order valence-electron chi connectivity index (χ0n) is 21.1. The fraction of sp³-hybridized carbons (Fsp3) is 0.0667. The lowest BCUT2D eigenvalue weighted by molar-refractivity contribution is -0.384. The van der Waals surface area contributed by atoms with E-state index < -0.39 is 4.92 Å². The highest BCUT2D eigenvalue weighted by Gasteiger charge is 2.42. The summed E-state index contributed by atoms with van der Waals surface area (Å²) in [7, 11) is 0. The summed E-state index contributed by atoms with van der Waals surface area (Å²) in [6.07, 6.45) is 1.76. The van der Waals surface area contributed by atoms with E-state index in [1.165, 1.54) is 23.9 Å². The van der Waals surface area contributed by atoms with Crippen LogP contribution in [0.3, 0.4) is 0 Å². The Morgan fingerprint density at radius 2 is 1.68 bits per heavy atom. The first-order valence-corrected chi connectivity index (χ1v) is 14.4. The summed E-state index contributed by atoms with van der Waals surface area (Å²) in [5.74, 6) is 1.31. The molecule has 0 radical (unpaired) electrons. The van der Waals surface area contributed by atoms with Gasteiger partial charge in [-0.3, -0.25) is 15.1 Å². The average molecular weight is 620 g/mol. The van der Waals surface area contributed by atoms with Crippen LogP contribution in [0.2, 0.25) is 10.0 Å². The lowest BCUT2D eigenvalue weighted by Gasteiger charge is -2.26. The van der Waals surface area contributed by atoms with Gasteiger partial charge in [-0.25, -0.2) is 0 Å². The third-order valence-electron chi connectivity index (χ3n) is 6.61. The Labute approximate surface area is 255 Å². The predicted octanol–water partition coefficient (Wildman–Crippen LogP) is 8.88. The molecular weight excluding hydrogens is 599 g/mol. The molecule has 0 unspecified atom stereocenters. The van der Waals surface area contributed by atoms with Gasteiger partial charge in [0.15, 0.2) is 5.11 Å². The van der Waals surface area contributed by atoms with E-state index in [9.17, 15) is 10.1 Å². The maximum atomic E-state index is 11.0. The molecule has 0 saturated carbocycles. The van der Waals surface area contributed by atoms with Gasteiger partial charge in [0, 0.05) is 44.4 Å². The molecule has 1 fully saturated rings. The van der Waals surface area contributed by atoms with Crippen LogP contribution in [0.5, 0.6) is 0 Å². The van der Waals surface area contributed by atoms with Gasteiger partial charge in [0.2, 0.25) is 0 Å². The number of aromatic nitrogens is 1. The fourth-order valence-electron chi connectivity index (χ4n) is 4.71. The van der Waals surface area contributed by atoms with Gasteiger partial charge in [-0.15, -0.1) is 0 Å². The number of anilines is 1. The molecule has 2 aromatic heterocycles. The normalized spacial score (nSPS) is 16.5. The minimum absolute atomic E-state index is 0.0627. The number of rotatable bonds is 7. The maximum Gasteiger partial charge on any atom is 0.269 e. The van der Waals surface area contributed by atoms with Crippen LogP contribution in [0.15, 0.2) is 117 Å². The third-order valence-corrected chi connectivity index (χ3v) is 8.49. The number of non-ortho nitro benzene ring substituents is 1. The molecule has 3 heterocycles. The topological polar surface area (TPSA) is 84.4 Å². The van der Waals surface area contributed by atoms with E-state index in [0.717, 1.165) is 26.7 Å². The number of nitrogens with one attached hydrogen (secondary N) is 1. The number of thiocarbonyl (C=S) groups is 1. The number of halogens is 2. The molecule has 1 N–H and O–H groups in total. The van der Waals surface area contributed by atoms with Crippen molar-refractivity contribution in [3.63, 3.8) is 0 Å². The molecule has 5 aromatic rings. The molecule has 1 saturated heterocycles. The van der Waals surface area contributed by atoms with Crippen molar-refractivity contribution >= 4 is 63.7 Å². The molecule has 41 heavy (non-hydrogen) atoms. The van der Waals surface area contributed by atoms with E-state index in [0.29, 0.717) is 26.7 Å². The van der Waals surface area contributed by atoms with E-state index >= 15 is 0 Å². The molecule has 6 rings (SSSR count). The molecule has 204 valence electrons. The molecule has 7 nitrogen and oxygen atoms in total. The van der Waals surface area contributed by atoms with Crippen LogP contribution in [-0.2, 0) is 0 Å². The summed E-state index contributed by atoms with van der Waals surface area (Å²) in [4.78, 5) is 19.1. The number of hydrogen-bond acceptors (Lipinski definition) is 6. The Morgan fingerprint density at radius 3 is 2.34 bits per heavy atom. The van der Waals surface area contributed by atoms with Crippen molar-refractivity contribution in [3.8, 4) is 11.3 Å². The van der Waals surface area contributed by atoms with Crippen LogP contribution in [-0.4, -0.2) is 15.0 Å². The smallest absolute Gasteiger partial charge is 0.269 e. The Hall–Kier alpha value is -3.89. The number of pyridine rings is 1. The molecule has 0 bridgehead atoms. The van der Waals surface area contributed by atoms with Gasteiger partial charge in [-0.05, 0) is 91.1 Å². The van der Waals surface area contributed by atoms with Gasteiger partial charge in [0.1, 0.15) is 17.6 Å². The maximum absolute atomic E-state index is 11.0. The van der Waals surface area contributed by atoms with Crippen molar-refractivity contribution < 1.29 is 9.34 Å². The minimum atomic E-state index is -0.406. The first-order valence-electron chi connectivity index (χ1n) is 12.5. The summed E-state index contributed by atoms with van der Waals surface area (Å²) in [6, 6.07) is 28.8. The first kappa shape index (κ1) is 27.3. The second-order valence-corrected chi connectivity index (χ2v) is 11.5. The van der Waals surface area contributed by atoms with Gasteiger partial charge in [-0.1, -0.05) is 41.0 Å². The molecule has 1 aliphatic rings. The molecule has 0 spiro atoms. The van der Waals surface area contributed by atoms with E-state index in [1.807, 2.05) is 65.6 Å². The summed E-state index contributed by atoms with van der Waals surface area (Å²) < 4.78 is 6.41. The molecule has 0 amide bonds. The van der Waals surface area contributed by atoms with Gasteiger partial charge in [0.25, 0.3) is 5.69 Å². The first-order chi connectivity index (χ1) is 19.9. The summed E-state index contributed by atoms with van der Waals surface area (Å²) in [5.41, 5.74) is 2.51. The van der Waals surface area contributed by atoms with Gasteiger partial charge < -0.3 is 14.6 Å². The largest absolute Gasteiger partial charge is 0.459 e. The number of hydrogen-bond donors (Lipinski definition) is 1. The molecule has 11 heteroatoms. The molecule has 1 aliphatic heterocycles. The number of nitro benzene ring substituents is 1. The molecule has 2 atom stereocenters. The highest BCUT2D eigenvalue weighted by atomic mass is 35.5. The standard InChI is InChI=1S/C30H20Cl2N4O3S2/c31-18-4-13-23(24(32)17-18)26-14-15-27(39-26)29-28(25-3-1-2-16-33-25)34-30(40)35(29)19-5-9-21(10-6-19)41-22-11-7-20(8-12-22)36(37)38/h1-17,28-29H,(H,34,40)/t28-,29-/m1/s1. The molecular formula is C30H20Cl2N4O3S2. The van der Waals surface area contributed by atoms with Crippen LogP contribution in [0, 0.1) is 10.1 Å². The summed E-state index contributed by atoms with van der Waals surface area (Å²) in [5, 5.41) is 16.0. The number of benzene rings is 3. The Balaban J connectivity index is 1.33. The SMILES string of the molecule is O=[N+]([O-])c1ccc(Sc2ccc(N3C(=S)N[C@H](c4ccccn4)[C@H]3c3ccc(-c4ccc(Cl)cc4Cl)o3)cc2)cc1. The number of nitrogens with zero attached hydrogens (tertiary/aromatic N) is 3. The van der Waals surface area contributed by atoms with Crippen molar-refractivity contribution in [1.29, 1.82) is 0 Å². The second-order valence-electron chi connectivity index (χ2n) is 9.17. The van der Waals surface area contributed by atoms with E-state index in [2.05, 4.69) is 10.3 Å². The van der Waals surface area contributed by atoms with Gasteiger partial charge in [-0.2, -0.15) is 0 Å². The molecule has 0 aliphatic carbocycles. The van der Waals surface area contributed by atoms with E-state index in [4.69, 9.17) is 39.8 Å². The van der Waals surface area contributed by atoms with Gasteiger partial charge in [0.05, 0.1) is 21.7 Å². The zero-order chi connectivity index (χ0) is 28.5. The van der Waals surface area contributed by atoms with Crippen LogP contribution in [0.1, 0.15) is 23.5 Å². The van der Waals surface area contributed by atoms with Crippen molar-refractivity contribution in [1.82, 2.24) is 10.3 Å². The van der Waals surface area contributed by atoms with Gasteiger partial charge >= 0.3 is 0 Å².